The molecule has 0 spiro atoms. The van der Waals surface area contributed by atoms with E-state index in [-0.39, 0.29) is 0 Å². The second-order valence-corrected chi connectivity index (χ2v) is 6.30. The van der Waals surface area contributed by atoms with Crippen LogP contribution in [0.4, 0.5) is 5.69 Å². The zero-order chi connectivity index (χ0) is 14.1. The monoisotopic (exact) mass is 297 g/mol. The number of rotatable bonds is 3. The first-order chi connectivity index (χ1) is 10.4. The summed E-state index contributed by atoms with van der Waals surface area (Å²) in [5.41, 5.74) is 2.89. The third-order valence-corrected chi connectivity index (χ3v) is 4.79. The fourth-order valence-corrected chi connectivity index (χ4v) is 3.66. The number of anilines is 1. The smallest absolute Gasteiger partial charge is 0.149 e. The van der Waals surface area contributed by atoms with Gasteiger partial charge in [0.25, 0.3) is 0 Å². The van der Waals surface area contributed by atoms with Crippen LogP contribution in [0.3, 0.4) is 0 Å². The molecule has 5 heteroatoms. The van der Waals surface area contributed by atoms with Gasteiger partial charge in [0.05, 0.1) is 0 Å². The van der Waals surface area contributed by atoms with Crippen LogP contribution in [0.5, 0.6) is 0 Å². The highest BCUT2D eigenvalue weighted by atomic mass is 32.2. The van der Waals surface area contributed by atoms with E-state index < -0.39 is 0 Å². The zero-order valence-corrected chi connectivity index (χ0v) is 12.3. The van der Waals surface area contributed by atoms with E-state index in [0.717, 1.165) is 29.0 Å². The normalized spacial score (nSPS) is 15.0. The van der Waals surface area contributed by atoms with Gasteiger partial charge in [0.2, 0.25) is 0 Å². The number of nitrogens with zero attached hydrogens (tertiary/aromatic N) is 3. The first kappa shape index (κ1) is 12.7. The lowest BCUT2D eigenvalue weighted by molar-refractivity contribution is 0.315. The molecular formula is C16H15N3OS. The maximum atomic E-state index is 4.93. The molecule has 0 aliphatic carbocycles. The molecule has 1 aromatic heterocycles. The van der Waals surface area contributed by atoms with Crippen molar-refractivity contribution in [1.29, 1.82) is 0 Å². The summed E-state index contributed by atoms with van der Waals surface area (Å²) in [6, 6.07) is 14.6. The van der Waals surface area contributed by atoms with Gasteiger partial charge in [-0.25, -0.2) is 4.63 Å². The van der Waals surface area contributed by atoms with Crippen LogP contribution in [0.2, 0.25) is 0 Å². The van der Waals surface area contributed by atoms with Crippen LogP contribution in [0.25, 0.3) is 11.0 Å². The molecule has 0 saturated carbocycles. The SMILES string of the molecule is c1ccc(Sc2cc(N3CCCC3)cc3nonc23)cc1. The van der Waals surface area contributed by atoms with E-state index in [2.05, 4.69) is 39.5 Å². The molecule has 0 radical (unpaired) electrons. The average molecular weight is 297 g/mol. The summed E-state index contributed by atoms with van der Waals surface area (Å²) in [4.78, 5) is 4.70. The summed E-state index contributed by atoms with van der Waals surface area (Å²) in [5.74, 6) is 0. The van der Waals surface area contributed by atoms with E-state index in [1.54, 1.807) is 11.8 Å². The maximum absolute atomic E-state index is 4.93. The summed E-state index contributed by atoms with van der Waals surface area (Å²) in [5, 5.41) is 8.08. The number of hydrogen-bond acceptors (Lipinski definition) is 5. The van der Waals surface area contributed by atoms with Crippen molar-refractivity contribution >= 4 is 28.5 Å². The Morgan fingerprint density at radius 2 is 1.81 bits per heavy atom. The first-order valence-corrected chi connectivity index (χ1v) is 7.96. The fourth-order valence-electron chi connectivity index (χ4n) is 2.70. The van der Waals surface area contributed by atoms with Crippen LogP contribution in [-0.2, 0) is 0 Å². The van der Waals surface area contributed by atoms with Crippen molar-refractivity contribution in [2.24, 2.45) is 0 Å². The third-order valence-electron chi connectivity index (χ3n) is 3.75. The molecule has 2 heterocycles. The number of hydrogen-bond donors (Lipinski definition) is 0. The molecule has 3 aromatic rings. The fraction of sp³-hybridized carbons (Fsp3) is 0.250. The Morgan fingerprint density at radius 3 is 2.62 bits per heavy atom. The van der Waals surface area contributed by atoms with E-state index in [4.69, 9.17) is 4.63 Å². The molecule has 21 heavy (non-hydrogen) atoms. The van der Waals surface area contributed by atoms with Gasteiger partial charge in [-0.1, -0.05) is 30.0 Å². The van der Waals surface area contributed by atoms with E-state index in [1.807, 2.05) is 18.2 Å². The van der Waals surface area contributed by atoms with Crippen LogP contribution in [0.15, 0.2) is 56.9 Å². The minimum atomic E-state index is 0.831. The van der Waals surface area contributed by atoms with Crippen LogP contribution < -0.4 is 4.90 Å². The van der Waals surface area contributed by atoms with E-state index in [9.17, 15) is 0 Å². The van der Waals surface area contributed by atoms with E-state index >= 15 is 0 Å². The Hall–Kier alpha value is -2.01. The molecule has 106 valence electrons. The van der Waals surface area contributed by atoms with Gasteiger partial charge in [-0.2, -0.15) is 0 Å². The highest BCUT2D eigenvalue weighted by Gasteiger charge is 2.17. The van der Waals surface area contributed by atoms with Crippen molar-refractivity contribution in [3.8, 4) is 0 Å². The lowest BCUT2D eigenvalue weighted by Crippen LogP contribution is -2.17. The lowest BCUT2D eigenvalue weighted by atomic mass is 10.2. The summed E-state index contributed by atoms with van der Waals surface area (Å²) in [7, 11) is 0. The van der Waals surface area contributed by atoms with Gasteiger partial charge in [-0.3, -0.25) is 0 Å². The standard InChI is InChI=1S/C16H15N3OS/c1-2-6-13(7-3-1)21-15-11-12(19-8-4-5-9-19)10-14-16(15)18-20-17-14/h1-3,6-7,10-11H,4-5,8-9H2. The van der Waals surface area contributed by atoms with Crippen molar-refractivity contribution in [1.82, 2.24) is 10.3 Å². The van der Waals surface area contributed by atoms with Crippen LogP contribution in [0, 0.1) is 0 Å². The molecule has 4 rings (SSSR count). The molecule has 0 atom stereocenters. The topological polar surface area (TPSA) is 42.2 Å². The molecule has 4 nitrogen and oxygen atoms in total. The molecule has 0 N–H and O–H groups in total. The summed E-state index contributed by atoms with van der Waals surface area (Å²) < 4.78 is 4.93. The predicted octanol–water partition coefficient (Wildman–Crippen LogP) is 3.97. The molecule has 0 unspecified atom stereocenters. The van der Waals surface area contributed by atoms with Crippen LogP contribution in [-0.4, -0.2) is 23.4 Å². The van der Waals surface area contributed by atoms with Crippen molar-refractivity contribution in [3.63, 3.8) is 0 Å². The minimum absolute atomic E-state index is 0.831. The second-order valence-electron chi connectivity index (χ2n) is 5.19. The number of aromatic nitrogens is 2. The quantitative estimate of drug-likeness (QED) is 0.731. The predicted molar refractivity (Wildman–Crippen MR) is 83.8 cm³/mol. The van der Waals surface area contributed by atoms with Gasteiger partial charge in [0.1, 0.15) is 11.0 Å². The van der Waals surface area contributed by atoms with Crippen molar-refractivity contribution in [3.05, 3.63) is 42.5 Å². The molecule has 2 aromatic carbocycles. The summed E-state index contributed by atoms with van der Waals surface area (Å²) in [6.45, 7) is 2.23. The van der Waals surface area contributed by atoms with Gasteiger partial charge < -0.3 is 4.90 Å². The number of fused-ring (bicyclic) bond motifs is 1. The number of benzene rings is 2. The van der Waals surface area contributed by atoms with E-state index in [1.165, 1.54) is 23.4 Å². The summed E-state index contributed by atoms with van der Waals surface area (Å²) in [6.07, 6.45) is 2.52. The molecule has 0 bridgehead atoms. The molecule has 0 amide bonds. The van der Waals surface area contributed by atoms with E-state index in [0.29, 0.717) is 0 Å². The first-order valence-electron chi connectivity index (χ1n) is 7.14. The van der Waals surface area contributed by atoms with Crippen LogP contribution >= 0.6 is 11.8 Å². The van der Waals surface area contributed by atoms with Gasteiger partial charge >= 0.3 is 0 Å². The Morgan fingerprint density at radius 1 is 1.00 bits per heavy atom. The van der Waals surface area contributed by atoms with Gasteiger partial charge in [-0.05, 0) is 47.4 Å². The molecule has 1 aliphatic heterocycles. The third kappa shape index (κ3) is 2.49. The molecule has 1 fully saturated rings. The Balaban J connectivity index is 1.77. The Kier molecular flexibility index (Phi) is 3.27. The van der Waals surface area contributed by atoms with Gasteiger partial charge in [0.15, 0.2) is 0 Å². The molecule has 1 saturated heterocycles. The molecular weight excluding hydrogens is 282 g/mol. The minimum Gasteiger partial charge on any atom is -0.371 e. The second kappa shape index (κ2) is 5.41. The Labute approximate surface area is 127 Å². The van der Waals surface area contributed by atoms with Crippen molar-refractivity contribution < 1.29 is 4.63 Å². The zero-order valence-electron chi connectivity index (χ0n) is 11.5. The molecule has 1 aliphatic rings. The van der Waals surface area contributed by atoms with Crippen molar-refractivity contribution in [2.75, 3.05) is 18.0 Å². The maximum Gasteiger partial charge on any atom is 0.149 e. The largest absolute Gasteiger partial charge is 0.371 e. The Bertz CT molecular complexity index is 751. The lowest BCUT2D eigenvalue weighted by Gasteiger charge is -2.18. The van der Waals surface area contributed by atoms with Gasteiger partial charge in [-0.15, -0.1) is 0 Å². The van der Waals surface area contributed by atoms with Crippen molar-refractivity contribution in [2.45, 2.75) is 22.6 Å². The summed E-state index contributed by atoms with van der Waals surface area (Å²) >= 11 is 1.71. The van der Waals surface area contributed by atoms with Gasteiger partial charge in [0, 0.05) is 28.6 Å². The van der Waals surface area contributed by atoms with Crippen LogP contribution in [0.1, 0.15) is 12.8 Å². The average Bonchev–Trinajstić information content (AvgIpc) is 3.19. The highest BCUT2D eigenvalue weighted by Crippen LogP contribution is 2.36. The highest BCUT2D eigenvalue weighted by molar-refractivity contribution is 7.99.